The highest BCUT2D eigenvalue weighted by molar-refractivity contribution is 6.08. The number of fused-ring (bicyclic) bond motifs is 1. The number of aromatic nitrogens is 2. The molecule has 0 bridgehead atoms. The zero-order valence-electron chi connectivity index (χ0n) is 19.6. The van der Waals surface area contributed by atoms with E-state index in [1.807, 2.05) is 26.0 Å². The summed E-state index contributed by atoms with van der Waals surface area (Å²) in [4.78, 5) is 41.8. The topological polar surface area (TPSA) is 139 Å². The molecule has 0 spiro atoms. The van der Waals surface area contributed by atoms with Crippen LogP contribution < -0.4 is 16.0 Å². The Bertz CT molecular complexity index is 1520. The SMILES string of the molecule is Cc1cc(-c2cc(C(=O)NCc3cccc(C4(C)NC(=O)NC4=O)c3)c3c(C)noc3n2)c(C)o1. The molecule has 178 valence electrons. The van der Waals surface area contributed by atoms with E-state index < -0.39 is 17.5 Å². The summed E-state index contributed by atoms with van der Waals surface area (Å²) in [6.45, 7) is 7.26. The van der Waals surface area contributed by atoms with Crippen LogP contribution in [0.2, 0.25) is 0 Å². The third-order valence-corrected chi connectivity index (χ3v) is 6.18. The number of urea groups is 1. The molecule has 10 nitrogen and oxygen atoms in total. The van der Waals surface area contributed by atoms with Gasteiger partial charge in [-0.3, -0.25) is 14.9 Å². The van der Waals surface area contributed by atoms with Gasteiger partial charge in [0.1, 0.15) is 17.1 Å². The van der Waals surface area contributed by atoms with E-state index in [9.17, 15) is 14.4 Å². The third kappa shape index (κ3) is 3.82. The zero-order chi connectivity index (χ0) is 24.9. The lowest BCUT2D eigenvalue weighted by Crippen LogP contribution is -2.40. The van der Waals surface area contributed by atoms with Gasteiger partial charge in [-0.2, -0.15) is 0 Å². The van der Waals surface area contributed by atoms with Gasteiger partial charge in [0.25, 0.3) is 17.5 Å². The minimum absolute atomic E-state index is 0.200. The van der Waals surface area contributed by atoms with Gasteiger partial charge in [-0.15, -0.1) is 0 Å². The minimum atomic E-state index is -1.18. The maximum Gasteiger partial charge on any atom is 0.322 e. The molecular formula is C25H23N5O5. The first-order valence-corrected chi connectivity index (χ1v) is 11.0. The molecule has 1 atom stereocenters. The number of benzene rings is 1. The van der Waals surface area contributed by atoms with Crippen LogP contribution in [0.3, 0.4) is 0 Å². The summed E-state index contributed by atoms with van der Waals surface area (Å²) in [6, 6.07) is 10.2. The van der Waals surface area contributed by atoms with Crippen LogP contribution in [0.4, 0.5) is 4.79 Å². The molecule has 1 aliphatic rings. The number of amides is 4. The van der Waals surface area contributed by atoms with E-state index in [1.54, 1.807) is 38.1 Å². The Labute approximate surface area is 200 Å². The number of rotatable bonds is 5. The molecular weight excluding hydrogens is 450 g/mol. The Morgan fingerprint density at radius 2 is 1.94 bits per heavy atom. The third-order valence-electron chi connectivity index (χ3n) is 6.18. The van der Waals surface area contributed by atoms with E-state index in [-0.39, 0.29) is 18.2 Å². The van der Waals surface area contributed by atoms with E-state index in [1.165, 1.54) is 0 Å². The van der Waals surface area contributed by atoms with Crippen LogP contribution >= 0.6 is 0 Å². The average molecular weight is 473 g/mol. The fourth-order valence-electron chi connectivity index (χ4n) is 4.31. The summed E-state index contributed by atoms with van der Waals surface area (Å²) in [5.41, 5.74) is 2.72. The molecule has 3 N–H and O–H groups in total. The molecule has 1 aromatic carbocycles. The number of furan rings is 1. The van der Waals surface area contributed by atoms with Crippen molar-refractivity contribution in [1.82, 2.24) is 26.1 Å². The van der Waals surface area contributed by atoms with E-state index >= 15 is 0 Å². The molecule has 35 heavy (non-hydrogen) atoms. The summed E-state index contributed by atoms with van der Waals surface area (Å²) in [6.07, 6.45) is 0. The molecule has 0 aliphatic carbocycles. The minimum Gasteiger partial charge on any atom is -0.466 e. The van der Waals surface area contributed by atoms with Crippen LogP contribution in [0.1, 0.15) is 45.6 Å². The van der Waals surface area contributed by atoms with Crippen LogP contribution in [0, 0.1) is 20.8 Å². The Morgan fingerprint density at radius 3 is 2.63 bits per heavy atom. The van der Waals surface area contributed by atoms with Crippen molar-refractivity contribution in [2.45, 2.75) is 39.8 Å². The molecule has 4 heterocycles. The number of hydrogen-bond donors (Lipinski definition) is 3. The van der Waals surface area contributed by atoms with Crippen molar-refractivity contribution in [1.29, 1.82) is 0 Å². The van der Waals surface area contributed by atoms with Crippen molar-refractivity contribution in [3.63, 3.8) is 0 Å². The molecule has 3 aromatic heterocycles. The van der Waals surface area contributed by atoms with Crippen LogP contribution in [0.5, 0.6) is 0 Å². The standard InChI is InChI=1S/C25H23N5O5/c1-12-8-17(14(3)34-12)19-10-18(20-13(2)30-35-22(20)27-19)21(31)26-11-15-6-5-7-16(9-15)25(4)23(32)28-24(33)29-25/h5-10H,11H2,1-4H3,(H,26,31)(H2,28,29,32,33). The van der Waals surface area contributed by atoms with E-state index in [0.29, 0.717) is 33.7 Å². The molecule has 0 saturated carbocycles. The summed E-state index contributed by atoms with van der Waals surface area (Å²) in [5.74, 6) is 0.666. The van der Waals surface area contributed by atoms with Crippen molar-refractivity contribution in [2.75, 3.05) is 0 Å². The van der Waals surface area contributed by atoms with Crippen molar-refractivity contribution < 1.29 is 23.3 Å². The predicted octanol–water partition coefficient (Wildman–Crippen LogP) is 3.39. The van der Waals surface area contributed by atoms with Gasteiger partial charge < -0.3 is 19.6 Å². The van der Waals surface area contributed by atoms with Gasteiger partial charge in [0.15, 0.2) is 0 Å². The highest BCUT2D eigenvalue weighted by Gasteiger charge is 2.43. The van der Waals surface area contributed by atoms with Crippen molar-refractivity contribution in [2.24, 2.45) is 0 Å². The predicted molar refractivity (Wildman–Crippen MR) is 125 cm³/mol. The molecule has 1 unspecified atom stereocenters. The number of pyridine rings is 1. The number of carbonyl (C=O) groups excluding carboxylic acids is 3. The van der Waals surface area contributed by atoms with Gasteiger partial charge in [-0.05, 0) is 51.0 Å². The average Bonchev–Trinajstić information content (AvgIpc) is 3.45. The Balaban J connectivity index is 1.44. The second kappa shape index (κ2) is 8.08. The quantitative estimate of drug-likeness (QED) is 0.378. The van der Waals surface area contributed by atoms with Gasteiger partial charge in [0.05, 0.1) is 22.3 Å². The molecule has 0 radical (unpaired) electrons. The first-order valence-electron chi connectivity index (χ1n) is 11.0. The van der Waals surface area contributed by atoms with Crippen LogP contribution in [0.15, 0.2) is 45.3 Å². The van der Waals surface area contributed by atoms with Gasteiger partial charge in [0, 0.05) is 12.1 Å². The number of aryl methyl sites for hydroxylation is 3. The largest absolute Gasteiger partial charge is 0.466 e. The highest BCUT2D eigenvalue weighted by atomic mass is 16.5. The monoisotopic (exact) mass is 473 g/mol. The lowest BCUT2D eigenvalue weighted by Gasteiger charge is -2.21. The number of imide groups is 1. The molecule has 4 aromatic rings. The van der Waals surface area contributed by atoms with Crippen molar-refractivity contribution in [3.05, 3.63) is 70.3 Å². The number of hydrogen-bond acceptors (Lipinski definition) is 7. The Kier molecular flexibility index (Phi) is 5.16. The Morgan fingerprint density at radius 1 is 1.14 bits per heavy atom. The lowest BCUT2D eigenvalue weighted by atomic mass is 9.91. The van der Waals surface area contributed by atoms with Gasteiger partial charge in [-0.25, -0.2) is 9.78 Å². The van der Waals surface area contributed by atoms with Crippen LogP contribution in [-0.4, -0.2) is 28.0 Å². The summed E-state index contributed by atoms with van der Waals surface area (Å²) in [7, 11) is 0. The van der Waals surface area contributed by atoms with Crippen LogP contribution in [-0.2, 0) is 16.9 Å². The smallest absolute Gasteiger partial charge is 0.322 e. The number of carbonyl (C=O) groups is 3. The molecule has 5 rings (SSSR count). The first-order chi connectivity index (χ1) is 16.7. The fourth-order valence-corrected chi connectivity index (χ4v) is 4.31. The highest BCUT2D eigenvalue weighted by Crippen LogP contribution is 2.30. The number of nitrogens with one attached hydrogen (secondary N) is 3. The van der Waals surface area contributed by atoms with Gasteiger partial charge in [0.2, 0.25) is 0 Å². The van der Waals surface area contributed by atoms with Gasteiger partial charge in [-0.1, -0.05) is 29.4 Å². The maximum absolute atomic E-state index is 13.3. The van der Waals surface area contributed by atoms with Gasteiger partial charge >= 0.3 is 6.03 Å². The fraction of sp³-hybridized carbons (Fsp3) is 0.240. The van der Waals surface area contributed by atoms with Crippen molar-refractivity contribution in [3.8, 4) is 11.3 Å². The molecule has 1 saturated heterocycles. The lowest BCUT2D eigenvalue weighted by molar-refractivity contribution is -0.123. The summed E-state index contributed by atoms with van der Waals surface area (Å²) < 4.78 is 11.0. The summed E-state index contributed by atoms with van der Waals surface area (Å²) in [5, 5.41) is 12.3. The number of nitrogens with zero attached hydrogens (tertiary/aromatic N) is 2. The normalized spacial score (nSPS) is 17.5. The van der Waals surface area contributed by atoms with E-state index in [4.69, 9.17) is 8.94 Å². The molecule has 1 fully saturated rings. The molecule has 4 amide bonds. The second-order valence-corrected chi connectivity index (χ2v) is 8.75. The van der Waals surface area contributed by atoms with E-state index in [0.717, 1.165) is 16.9 Å². The summed E-state index contributed by atoms with van der Waals surface area (Å²) >= 11 is 0. The first kappa shape index (κ1) is 22.3. The van der Waals surface area contributed by atoms with Crippen molar-refractivity contribution >= 4 is 28.9 Å². The maximum atomic E-state index is 13.3. The molecule has 10 heteroatoms. The van der Waals surface area contributed by atoms with E-state index in [2.05, 4.69) is 26.1 Å². The second-order valence-electron chi connectivity index (χ2n) is 8.75. The molecule has 1 aliphatic heterocycles. The zero-order valence-corrected chi connectivity index (χ0v) is 19.6. The Hall–Kier alpha value is -4.47. The van der Waals surface area contributed by atoms with Crippen LogP contribution in [0.25, 0.3) is 22.4 Å².